The predicted molar refractivity (Wildman–Crippen MR) is 80.4 cm³/mol. The van der Waals surface area contributed by atoms with Gasteiger partial charge in [0.2, 0.25) is 0 Å². The number of nitrogens with zero attached hydrogens (tertiary/aromatic N) is 2. The number of rotatable bonds is 2. The maximum Gasteiger partial charge on any atom is 0.121 e. The van der Waals surface area contributed by atoms with E-state index < -0.39 is 0 Å². The summed E-state index contributed by atoms with van der Waals surface area (Å²) in [5.74, 6) is 1.06. The normalized spacial score (nSPS) is 15.4. The summed E-state index contributed by atoms with van der Waals surface area (Å²) in [6.45, 7) is 3.02. The highest BCUT2D eigenvalue weighted by Gasteiger charge is 2.16. The van der Waals surface area contributed by atoms with Gasteiger partial charge < -0.3 is 4.98 Å². The first-order valence-corrected chi connectivity index (χ1v) is 7.11. The van der Waals surface area contributed by atoms with Crippen LogP contribution >= 0.6 is 0 Å². The van der Waals surface area contributed by atoms with E-state index in [1.54, 1.807) is 0 Å². The fraction of sp³-hybridized carbons (Fsp3) is 0.235. The van der Waals surface area contributed by atoms with Crippen molar-refractivity contribution in [3.05, 3.63) is 65.5 Å². The number of benzene rings is 2. The Hall–Kier alpha value is -2.13. The van der Waals surface area contributed by atoms with Crippen molar-refractivity contribution in [2.75, 3.05) is 6.54 Å². The molecule has 0 fully saturated rings. The van der Waals surface area contributed by atoms with E-state index in [9.17, 15) is 0 Å². The maximum absolute atomic E-state index is 4.67. The number of aromatic amines is 1. The average molecular weight is 263 g/mol. The average Bonchev–Trinajstić information content (AvgIpc) is 2.89. The van der Waals surface area contributed by atoms with Crippen LogP contribution in [0.3, 0.4) is 0 Å². The molecule has 3 aromatic rings. The fourth-order valence-corrected chi connectivity index (χ4v) is 2.98. The molecule has 2 aromatic carbocycles. The van der Waals surface area contributed by atoms with Crippen molar-refractivity contribution < 1.29 is 0 Å². The molecule has 0 saturated carbocycles. The highest BCUT2D eigenvalue weighted by Crippen LogP contribution is 2.20. The van der Waals surface area contributed by atoms with Gasteiger partial charge in [0.25, 0.3) is 0 Å². The summed E-state index contributed by atoms with van der Waals surface area (Å²) in [5.41, 5.74) is 5.13. The van der Waals surface area contributed by atoms with Crippen LogP contribution in [-0.4, -0.2) is 21.4 Å². The first-order valence-electron chi connectivity index (χ1n) is 7.11. The number of fused-ring (bicyclic) bond motifs is 2. The van der Waals surface area contributed by atoms with Crippen molar-refractivity contribution in [1.82, 2.24) is 14.9 Å². The number of nitrogens with one attached hydrogen (secondary N) is 1. The lowest BCUT2D eigenvalue weighted by Crippen LogP contribution is -2.30. The lowest BCUT2D eigenvalue weighted by Gasteiger charge is -2.27. The van der Waals surface area contributed by atoms with Gasteiger partial charge in [-0.1, -0.05) is 36.4 Å². The molecule has 0 unspecified atom stereocenters. The lowest BCUT2D eigenvalue weighted by molar-refractivity contribution is 0.240. The third-order valence-corrected chi connectivity index (χ3v) is 4.02. The van der Waals surface area contributed by atoms with Gasteiger partial charge >= 0.3 is 0 Å². The number of para-hydroxylation sites is 2. The van der Waals surface area contributed by atoms with E-state index in [-0.39, 0.29) is 0 Å². The van der Waals surface area contributed by atoms with E-state index in [1.807, 2.05) is 12.1 Å². The van der Waals surface area contributed by atoms with Crippen LogP contribution < -0.4 is 0 Å². The molecule has 0 atom stereocenters. The summed E-state index contributed by atoms with van der Waals surface area (Å²) in [6, 6.07) is 17.0. The fourth-order valence-electron chi connectivity index (χ4n) is 2.98. The van der Waals surface area contributed by atoms with Crippen molar-refractivity contribution in [3.8, 4) is 0 Å². The van der Waals surface area contributed by atoms with Crippen LogP contribution in [0.1, 0.15) is 17.0 Å². The Balaban J connectivity index is 1.55. The summed E-state index contributed by atoms with van der Waals surface area (Å²) in [4.78, 5) is 10.5. The van der Waals surface area contributed by atoms with Crippen molar-refractivity contribution >= 4 is 11.0 Å². The molecule has 3 heteroatoms. The highest BCUT2D eigenvalue weighted by molar-refractivity contribution is 5.74. The molecule has 0 amide bonds. The van der Waals surface area contributed by atoms with Crippen LogP contribution in [0.4, 0.5) is 0 Å². The molecule has 1 aliphatic rings. The second kappa shape index (κ2) is 4.76. The van der Waals surface area contributed by atoms with Crippen LogP contribution in [0, 0.1) is 0 Å². The highest BCUT2D eigenvalue weighted by atomic mass is 15.2. The van der Waals surface area contributed by atoms with Crippen LogP contribution in [0.2, 0.25) is 0 Å². The Morgan fingerprint density at radius 1 is 1.00 bits per heavy atom. The van der Waals surface area contributed by atoms with Crippen LogP contribution in [0.25, 0.3) is 11.0 Å². The first kappa shape index (κ1) is 11.7. The number of H-pyrrole nitrogens is 1. The molecule has 2 heterocycles. The van der Waals surface area contributed by atoms with Crippen molar-refractivity contribution in [3.63, 3.8) is 0 Å². The number of imidazole rings is 1. The standard InChI is InChI=1S/C17H17N3/c1-2-6-14-11-20(10-9-13(14)5-1)12-17-18-15-7-3-4-8-16(15)19-17/h1-8H,9-12H2,(H,18,19). The molecule has 0 saturated heterocycles. The molecule has 0 spiro atoms. The SMILES string of the molecule is c1ccc2c(c1)CCN(Cc1nc3ccccc3[nH]1)C2. The van der Waals surface area contributed by atoms with Gasteiger partial charge in [-0.2, -0.15) is 0 Å². The van der Waals surface area contributed by atoms with Crippen LogP contribution in [-0.2, 0) is 19.5 Å². The summed E-state index contributed by atoms with van der Waals surface area (Å²) in [7, 11) is 0. The minimum Gasteiger partial charge on any atom is -0.341 e. The minimum absolute atomic E-state index is 0.892. The van der Waals surface area contributed by atoms with Crippen LogP contribution in [0.15, 0.2) is 48.5 Å². The van der Waals surface area contributed by atoms with E-state index in [0.29, 0.717) is 0 Å². The minimum atomic E-state index is 0.892. The van der Waals surface area contributed by atoms with Gasteiger partial charge in [-0.05, 0) is 29.7 Å². The number of hydrogen-bond acceptors (Lipinski definition) is 2. The third kappa shape index (κ3) is 2.10. The van der Waals surface area contributed by atoms with Crippen molar-refractivity contribution in [1.29, 1.82) is 0 Å². The van der Waals surface area contributed by atoms with Gasteiger partial charge in [-0.25, -0.2) is 4.98 Å². The van der Waals surface area contributed by atoms with E-state index in [1.165, 1.54) is 11.1 Å². The van der Waals surface area contributed by atoms with E-state index in [4.69, 9.17) is 0 Å². The molecule has 0 bridgehead atoms. The van der Waals surface area contributed by atoms with E-state index >= 15 is 0 Å². The zero-order chi connectivity index (χ0) is 13.4. The largest absolute Gasteiger partial charge is 0.341 e. The zero-order valence-corrected chi connectivity index (χ0v) is 11.3. The van der Waals surface area contributed by atoms with Crippen LogP contribution in [0.5, 0.6) is 0 Å². The second-order valence-corrected chi connectivity index (χ2v) is 5.43. The Bertz CT molecular complexity index is 712. The van der Waals surface area contributed by atoms with Gasteiger partial charge in [-0.3, -0.25) is 4.90 Å². The van der Waals surface area contributed by atoms with Gasteiger partial charge in [-0.15, -0.1) is 0 Å². The van der Waals surface area contributed by atoms with E-state index in [0.717, 1.165) is 42.9 Å². The molecular formula is C17H17N3. The van der Waals surface area contributed by atoms with Gasteiger partial charge in [0.05, 0.1) is 17.6 Å². The Kier molecular flexibility index (Phi) is 2.78. The third-order valence-electron chi connectivity index (χ3n) is 4.02. The molecule has 1 aromatic heterocycles. The molecule has 4 rings (SSSR count). The predicted octanol–water partition coefficient (Wildman–Crippen LogP) is 3.12. The topological polar surface area (TPSA) is 31.9 Å². The second-order valence-electron chi connectivity index (χ2n) is 5.43. The summed E-state index contributed by atoms with van der Waals surface area (Å²) >= 11 is 0. The van der Waals surface area contributed by atoms with Crippen molar-refractivity contribution in [2.45, 2.75) is 19.5 Å². The van der Waals surface area contributed by atoms with Gasteiger partial charge in [0.1, 0.15) is 5.82 Å². The number of hydrogen-bond donors (Lipinski definition) is 1. The maximum atomic E-state index is 4.67. The van der Waals surface area contributed by atoms with E-state index in [2.05, 4.69) is 51.3 Å². The first-order chi connectivity index (χ1) is 9.88. The molecule has 100 valence electrons. The Morgan fingerprint density at radius 2 is 1.80 bits per heavy atom. The smallest absolute Gasteiger partial charge is 0.121 e. The molecule has 1 N–H and O–H groups in total. The summed E-state index contributed by atoms with van der Waals surface area (Å²) in [5, 5.41) is 0. The molecule has 0 radical (unpaired) electrons. The Labute approximate surface area is 118 Å². The zero-order valence-electron chi connectivity index (χ0n) is 11.3. The molecular weight excluding hydrogens is 246 g/mol. The van der Waals surface area contributed by atoms with Gasteiger partial charge in [0, 0.05) is 13.1 Å². The lowest BCUT2D eigenvalue weighted by atomic mass is 10.00. The molecule has 20 heavy (non-hydrogen) atoms. The summed E-state index contributed by atoms with van der Waals surface area (Å²) < 4.78 is 0. The molecule has 0 aliphatic carbocycles. The monoisotopic (exact) mass is 263 g/mol. The number of aromatic nitrogens is 2. The quantitative estimate of drug-likeness (QED) is 0.770. The molecule has 3 nitrogen and oxygen atoms in total. The summed E-state index contributed by atoms with van der Waals surface area (Å²) in [6.07, 6.45) is 1.14. The molecule has 1 aliphatic heterocycles. The Morgan fingerprint density at radius 3 is 2.70 bits per heavy atom. The van der Waals surface area contributed by atoms with Gasteiger partial charge in [0.15, 0.2) is 0 Å². The van der Waals surface area contributed by atoms with Crippen molar-refractivity contribution in [2.24, 2.45) is 0 Å².